The lowest BCUT2D eigenvalue weighted by atomic mass is 9.45. The fourth-order valence-electron chi connectivity index (χ4n) is 6.21. The number of amides is 1. The van der Waals surface area contributed by atoms with Gasteiger partial charge in [-0.25, -0.2) is 4.79 Å². The Bertz CT molecular complexity index is 655. The molecule has 1 aromatic carbocycles. The van der Waals surface area contributed by atoms with Crippen LogP contribution in [0.2, 0.25) is 0 Å². The highest BCUT2D eigenvalue weighted by molar-refractivity contribution is 5.84. The molecule has 1 amide bonds. The summed E-state index contributed by atoms with van der Waals surface area (Å²) in [7, 11) is 0. The van der Waals surface area contributed by atoms with Crippen molar-refractivity contribution in [2.24, 2.45) is 22.7 Å². The minimum absolute atomic E-state index is 0.1000. The molecule has 0 heterocycles. The minimum atomic E-state index is -0.696. The molecule has 4 heteroatoms. The number of hydrogen-bond donors (Lipinski definition) is 2. The van der Waals surface area contributed by atoms with Crippen molar-refractivity contribution in [3.8, 4) is 0 Å². The van der Waals surface area contributed by atoms with E-state index in [-0.39, 0.29) is 11.3 Å². The van der Waals surface area contributed by atoms with Gasteiger partial charge in [-0.05, 0) is 73.8 Å². The maximum Gasteiger partial charge on any atom is 0.411 e. The Balaban J connectivity index is 1.64. The summed E-state index contributed by atoms with van der Waals surface area (Å²) in [6.45, 7) is 9.44. The molecule has 0 aliphatic heterocycles. The second-order valence-corrected chi connectivity index (χ2v) is 9.76. The van der Waals surface area contributed by atoms with E-state index in [0.717, 1.165) is 24.9 Å². The van der Waals surface area contributed by atoms with E-state index in [1.165, 1.54) is 12.8 Å². The van der Waals surface area contributed by atoms with E-state index < -0.39 is 11.7 Å². The zero-order valence-electron chi connectivity index (χ0n) is 17.3. The van der Waals surface area contributed by atoms with Crippen molar-refractivity contribution in [1.82, 2.24) is 0 Å². The highest BCUT2D eigenvalue weighted by atomic mass is 16.5. The lowest BCUT2D eigenvalue weighted by molar-refractivity contribution is -0.171. The fraction of sp³-hybridized carbons (Fsp3) is 0.696. The van der Waals surface area contributed by atoms with Gasteiger partial charge in [-0.3, -0.25) is 5.32 Å². The number of aliphatic hydroxyl groups is 1. The van der Waals surface area contributed by atoms with Gasteiger partial charge in [0.15, 0.2) is 0 Å². The first-order valence-electron chi connectivity index (χ1n) is 10.4. The van der Waals surface area contributed by atoms with Crippen LogP contribution in [0.5, 0.6) is 0 Å². The molecule has 4 atom stereocenters. The summed E-state index contributed by atoms with van der Waals surface area (Å²) in [4.78, 5) is 12.1. The van der Waals surface area contributed by atoms with Crippen molar-refractivity contribution in [3.63, 3.8) is 0 Å². The molecule has 2 fully saturated rings. The van der Waals surface area contributed by atoms with Crippen molar-refractivity contribution < 1.29 is 14.6 Å². The predicted octanol–water partition coefficient (Wildman–Crippen LogP) is 5.62. The van der Waals surface area contributed by atoms with Crippen LogP contribution in [0.15, 0.2) is 30.3 Å². The third kappa shape index (κ3) is 4.16. The van der Waals surface area contributed by atoms with Crippen LogP contribution in [0.3, 0.4) is 0 Å². The van der Waals surface area contributed by atoms with Crippen LogP contribution in [-0.4, -0.2) is 23.4 Å². The zero-order chi connectivity index (χ0) is 19.7. The van der Waals surface area contributed by atoms with Crippen LogP contribution in [0.25, 0.3) is 0 Å². The third-order valence-electron chi connectivity index (χ3n) is 7.42. The van der Waals surface area contributed by atoms with Crippen LogP contribution in [0.1, 0.15) is 66.2 Å². The van der Waals surface area contributed by atoms with Gasteiger partial charge in [0.25, 0.3) is 0 Å². The molecule has 150 valence electrons. The minimum Gasteiger partial charge on any atom is -0.449 e. The van der Waals surface area contributed by atoms with Gasteiger partial charge in [-0.15, -0.1) is 0 Å². The first-order valence-corrected chi connectivity index (χ1v) is 10.4. The van der Waals surface area contributed by atoms with E-state index in [1.807, 2.05) is 37.3 Å². The second-order valence-electron chi connectivity index (χ2n) is 9.76. The molecule has 2 aliphatic rings. The van der Waals surface area contributed by atoms with Crippen LogP contribution < -0.4 is 5.32 Å². The quantitative estimate of drug-likeness (QED) is 0.720. The van der Waals surface area contributed by atoms with Crippen LogP contribution in [0, 0.1) is 22.7 Å². The Hall–Kier alpha value is -1.55. The molecule has 4 nitrogen and oxygen atoms in total. The molecule has 2 N–H and O–H groups in total. The van der Waals surface area contributed by atoms with E-state index in [9.17, 15) is 9.90 Å². The van der Waals surface area contributed by atoms with E-state index in [4.69, 9.17) is 4.74 Å². The highest BCUT2D eigenvalue weighted by Gasteiger charge is 2.57. The lowest BCUT2D eigenvalue weighted by Crippen LogP contribution is -2.57. The average molecular weight is 374 g/mol. The molecule has 0 radical (unpaired) electrons. The first kappa shape index (κ1) is 20.2. The number of ether oxygens (including phenoxy) is 1. The van der Waals surface area contributed by atoms with Gasteiger partial charge in [0.2, 0.25) is 0 Å². The first-order chi connectivity index (χ1) is 12.7. The third-order valence-corrected chi connectivity index (χ3v) is 7.42. The Morgan fingerprint density at radius 1 is 1.15 bits per heavy atom. The zero-order valence-corrected chi connectivity index (χ0v) is 17.3. The summed E-state index contributed by atoms with van der Waals surface area (Å²) in [5.74, 6) is 0.759. The summed E-state index contributed by atoms with van der Waals surface area (Å²) in [6.07, 6.45) is 5.82. The largest absolute Gasteiger partial charge is 0.449 e. The Morgan fingerprint density at radius 2 is 1.85 bits per heavy atom. The summed E-state index contributed by atoms with van der Waals surface area (Å²) in [6, 6.07) is 9.33. The molecular weight excluding hydrogens is 338 g/mol. The summed E-state index contributed by atoms with van der Waals surface area (Å²) < 4.78 is 5.46. The van der Waals surface area contributed by atoms with Crippen molar-refractivity contribution in [2.75, 3.05) is 11.9 Å². The summed E-state index contributed by atoms with van der Waals surface area (Å²) >= 11 is 0. The van der Waals surface area contributed by atoms with E-state index >= 15 is 0 Å². The summed E-state index contributed by atoms with van der Waals surface area (Å²) in [5, 5.41) is 13.9. The van der Waals surface area contributed by atoms with Gasteiger partial charge in [0.05, 0.1) is 12.2 Å². The lowest BCUT2D eigenvalue weighted by Gasteiger charge is -2.61. The fourth-order valence-corrected chi connectivity index (χ4v) is 6.21. The van der Waals surface area contributed by atoms with Gasteiger partial charge in [0, 0.05) is 5.69 Å². The monoisotopic (exact) mass is 373 g/mol. The van der Waals surface area contributed by atoms with Crippen molar-refractivity contribution >= 4 is 11.8 Å². The number of rotatable bonds is 4. The number of anilines is 1. The number of fused-ring (bicyclic) bond motifs is 1. The molecule has 2 saturated carbocycles. The Morgan fingerprint density at radius 3 is 2.56 bits per heavy atom. The molecule has 3 rings (SSSR count). The number of para-hydroxylation sites is 1. The Kier molecular flexibility index (Phi) is 5.58. The molecule has 2 aliphatic carbocycles. The van der Waals surface area contributed by atoms with E-state index in [2.05, 4.69) is 26.1 Å². The van der Waals surface area contributed by atoms with Gasteiger partial charge >= 0.3 is 6.09 Å². The van der Waals surface area contributed by atoms with Crippen LogP contribution in [0.4, 0.5) is 10.5 Å². The molecule has 0 saturated heterocycles. The van der Waals surface area contributed by atoms with Gasteiger partial charge in [-0.2, -0.15) is 0 Å². The number of carbonyl (C=O) groups excluding carboxylic acids is 1. The van der Waals surface area contributed by atoms with Gasteiger partial charge in [0.1, 0.15) is 0 Å². The molecule has 0 bridgehead atoms. The number of nitrogens with one attached hydrogen (secondary N) is 1. The van der Waals surface area contributed by atoms with Crippen molar-refractivity contribution in [3.05, 3.63) is 30.3 Å². The topological polar surface area (TPSA) is 58.6 Å². The van der Waals surface area contributed by atoms with Crippen molar-refractivity contribution in [1.29, 1.82) is 0 Å². The van der Waals surface area contributed by atoms with Crippen LogP contribution >= 0.6 is 0 Å². The molecule has 27 heavy (non-hydrogen) atoms. The SMILES string of the molecule is CC1(C)CCC[C@@]2(C)[C@@H]1CC[C@@](C)(O)[C@@H]2CCOC(=O)Nc1ccccc1. The standard InChI is InChI=1S/C23H35NO3/c1-21(2)13-8-14-22(3)18(21)11-15-23(4,26)19(22)12-16-27-20(25)24-17-9-6-5-7-10-17/h5-7,9-10,18-19,26H,8,11-16H2,1-4H3,(H,24,25)/t18-,19-,22+,23-/m1/s1. The van der Waals surface area contributed by atoms with E-state index in [1.54, 1.807) is 0 Å². The number of carbonyl (C=O) groups is 1. The normalized spacial score (nSPS) is 35.1. The Labute approximate surface area is 163 Å². The predicted molar refractivity (Wildman–Crippen MR) is 109 cm³/mol. The second kappa shape index (κ2) is 7.46. The average Bonchev–Trinajstić information content (AvgIpc) is 2.57. The number of hydrogen-bond acceptors (Lipinski definition) is 3. The van der Waals surface area contributed by atoms with Gasteiger partial charge < -0.3 is 9.84 Å². The molecular formula is C23H35NO3. The highest BCUT2D eigenvalue weighted by Crippen LogP contribution is 2.62. The molecule has 0 aromatic heterocycles. The van der Waals surface area contributed by atoms with E-state index in [0.29, 0.717) is 24.4 Å². The number of benzene rings is 1. The van der Waals surface area contributed by atoms with Crippen molar-refractivity contribution in [2.45, 2.75) is 71.8 Å². The molecule has 1 aromatic rings. The smallest absolute Gasteiger partial charge is 0.411 e. The van der Waals surface area contributed by atoms with Gasteiger partial charge in [-0.1, -0.05) is 45.4 Å². The van der Waals surface area contributed by atoms with Crippen LogP contribution in [-0.2, 0) is 4.74 Å². The maximum atomic E-state index is 12.1. The summed E-state index contributed by atoms with van der Waals surface area (Å²) in [5.41, 5.74) is 0.446. The molecule has 0 unspecified atom stereocenters. The maximum absolute atomic E-state index is 12.1. The molecule has 0 spiro atoms.